The zero-order valence-corrected chi connectivity index (χ0v) is 22.8. The van der Waals surface area contributed by atoms with E-state index in [0.717, 1.165) is 34.7 Å². The predicted molar refractivity (Wildman–Crippen MR) is 149 cm³/mol. The van der Waals surface area contributed by atoms with Gasteiger partial charge in [-0.1, -0.05) is 24.3 Å². The highest BCUT2D eigenvalue weighted by molar-refractivity contribution is 7.09. The lowest BCUT2D eigenvalue weighted by atomic mass is 10.1. The van der Waals surface area contributed by atoms with E-state index in [9.17, 15) is 14.0 Å². The Hall–Kier alpha value is -3.27. The van der Waals surface area contributed by atoms with Crippen molar-refractivity contribution in [2.45, 2.75) is 26.9 Å². The third kappa shape index (κ3) is 8.11. The first-order valence-corrected chi connectivity index (χ1v) is 13.7. The Kier molecular flexibility index (Phi) is 9.86. The van der Waals surface area contributed by atoms with E-state index < -0.39 is 0 Å². The molecule has 0 spiro atoms. The fourth-order valence-corrected chi connectivity index (χ4v) is 4.98. The highest BCUT2D eigenvalue weighted by Crippen LogP contribution is 2.17. The molecule has 0 radical (unpaired) electrons. The van der Waals surface area contributed by atoms with Crippen LogP contribution in [0.1, 0.15) is 21.6 Å². The number of anilines is 1. The molecule has 4 rings (SSSR count). The molecule has 0 atom stereocenters. The normalized spacial score (nSPS) is 13.8. The molecule has 1 aliphatic heterocycles. The Morgan fingerprint density at radius 1 is 1.00 bits per heavy atom. The minimum absolute atomic E-state index is 0.0619. The molecular weight excluding hydrogens is 503 g/mol. The van der Waals surface area contributed by atoms with Crippen LogP contribution in [0.25, 0.3) is 0 Å². The maximum Gasteiger partial charge on any atom is 0.322 e. The smallest absolute Gasteiger partial charge is 0.322 e. The summed E-state index contributed by atoms with van der Waals surface area (Å²) in [6.45, 7) is 8.71. The van der Waals surface area contributed by atoms with E-state index >= 15 is 0 Å². The standard InChI is InChI=1S/C29H35FN4O3S/c1-22-5-10-26(18-23(22)2)31-29(36)33(12-11-32-13-15-37-16-14-32)21-28(35)34(20-27-4-3-17-38-27)19-24-6-8-25(30)9-7-24/h3-10,17-18H,11-16,19-21H2,1-2H3,(H,31,36). The second kappa shape index (κ2) is 13.5. The Morgan fingerprint density at radius 2 is 1.76 bits per heavy atom. The zero-order valence-electron chi connectivity index (χ0n) is 22.0. The van der Waals surface area contributed by atoms with Crippen LogP contribution in [0, 0.1) is 19.7 Å². The van der Waals surface area contributed by atoms with Crippen LogP contribution in [0.4, 0.5) is 14.9 Å². The summed E-state index contributed by atoms with van der Waals surface area (Å²) in [5.41, 5.74) is 3.76. The number of thiophene rings is 1. The van der Waals surface area contributed by atoms with Gasteiger partial charge in [0, 0.05) is 43.3 Å². The summed E-state index contributed by atoms with van der Waals surface area (Å²) in [5.74, 6) is -0.484. The molecule has 1 saturated heterocycles. The number of morpholine rings is 1. The Balaban J connectivity index is 1.50. The first kappa shape index (κ1) is 27.8. The third-order valence-corrected chi connectivity index (χ3v) is 7.59. The summed E-state index contributed by atoms with van der Waals surface area (Å²) in [6, 6.07) is 15.6. The van der Waals surface area contributed by atoms with Crippen LogP contribution >= 0.6 is 11.3 Å². The monoisotopic (exact) mass is 538 g/mol. The SMILES string of the molecule is Cc1ccc(NC(=O)N(CCN2CCOCC2)CC(=O)N(Cc2ccc(F)cc2)Cc2cccs2)cc1C. The molecule has 3 amide bonds. The van der Waals surface area contributed by atoms with Gasteiger partial charge in [0.2, 0.25) is 5.91 Å². The number of carbonyl (C=O) groups is 2. The van der Waals surface area contributed by atoms with Gasteiger partial charge in [-0.25, -0.2) is 9.18 Å². The molecule has 1 fully saturated rings. The first-order chi connectivity index (χ1) is 18.4. The number of amides is 3. The van der Waals surface area contributed by atoms with Crippen LogP contribution in [0.3, 0.4) is 0 Å². The molecule has 7 nitrogen and oxygen atoms in total. The van der Waals surface area contributed by atoms with Crippen molar-refractivity contribution in [1.29, 1.82) is 0 Å². The van der Waals surface area contributed by atoms with Crippen molar-refractivity contribution in [3.8, 4) is 0 Å². The van der Waals surface area contributed by atoms with Gasteiger partial charge in [0.05, 0.1) is 19.8 Å². The maximum atomic E-state index is 13.7. The topological polar surface area (TPSA) is 65.1 Å². The van der Waals surface area contributed by atoms with E-state index in [0.29, 0.717) is 45.1 Å². The average molecular weight is 539 g/mol. The van der Waals surface area contributed by atoms with Gasteiger partial charge in [0.15, 0.2) is 0 Å². The Bertz CT molecular complexity index is 1200. The zero-order chi connectivity index (χ0) is 26.9. The number of benzene rings is 2. The number of nitrogens with one attached hydrogen (secondary N) is 1. The predicted octanol–water partition coefficient (Wildman–Crippen LogP) is 4.90. The van der Waals surface area contributed by atoms with Crippen LogP contribution in [-0.2, 0) is 22.6 Å². The molecular formula is C29H35FN4O3S. The molecule has 0 saturated carbocycles. The first-order valence-electron chi connectivity index (χ1n) is 12.9. The number of urea groups is 1. The van der Waals surface area contributed by atoms with Gasteiger partial charge in [-0.05, 0) is 66.2 Å². The Morgan fingerprint density at radius 3 is 2.45 bits per heavy atom. The second-order valence-corrected chi connectivity index (χ2v) is 10.6. The largest absolute Gasteiger partial charge is 0.379 e. The van der Waals surface area contributed by atoms with Crippen molar-refractivity contribution in [3.63, 3.8) is 0 Å². The van der Waals surface area contributed by atoms with Gasteiger partial charge in [-0.2, -0.15) is 0 Å². The number of ether oxygens (including phenoxy) is 1. The summed E-state index contributed by atoms with van der Waals surface area (Å²) in [5, 5.41) is 4.95. The molecule has 9 heteroatoms. The molecule has 38 heavy (non-hydrogen) atoms. The summed E-state index contributed by atoms with van der Waals surface area (Å²) in [4.78, 5) is 33.7. The molecule has 0 aliphatic carbocycles. The average Bonchev–Trinajstić information content (AvgIpc) is 3.43. The number of hydrogen-bond donors (Lipinski definition) is 1. The van der Waals surface area contributed by atoms with Crippen molar-refractivity contribution in [2.75, 3.05) is 51.3 Å². The van der Waals surface area contributed by atoms with Gasteiger partial charge >= 0.3 is 6.03 Å². The molecule has 1 aliphatic rings. The lowest BCUT2D eigenvalue weighted by Crippen LogP contribution is -2.48. The van der Waals surface area contributed by atoms with Gasteiger partial charge < -0.3 is 19.9 Å². The summed E-state index contributed by atoms with van der Waals surface area (Å²) in [7, 11) is 0. The highest BCUT2D eigenvalue weighted by atomic mass is 32.1. The van der Waals surface area contributed by atoms with Crippen molar-refractivity contribution >= 4 is 29.0 Å². The van der Waals surface area contributed by atoms with Crippen molar-refractivity contribution in [2.24, 2.45) is 0 Å². The van der Waals surface area contributed by atoms with Crippen LogP contribution in [0.15, 0.2) is 60.0 Å². The van der Waals surface area contributed by atoms with Crippen LogP contribution in [0.5, 0.6) is 0 Å². The molecule has 2 heterocycles. The van der Waals surface area contributed by atoms with E-state index in [4.69, 9.17) is 4.74 Å². The minimum atomic E-state index is -0.317. The third-order valence-electron chi connectivity index (χ3n) is 6.73. The number of carbonyl (C=O) groups excluding carboxylic acids is 2. The molecule has 0 unspecified atom stereocenters. The minimum Gasteiger partial charge on any atom is -0.379 e. The van der Waals surface area contributed by atoms with Gasteiger partial charge in [-0.3, -0.25) is 9.69 Å². The fourth-order valence-electron chi connectivity index (χ4n) is 4.26. The number of hydrogen-bond acceptors (Lipinski definition) is 5. The number of rotatable bonds is 10. The maximum absolute atomic E-state index is 13.7. The molecule has 202 valence electrons. The number of nitrogens with zero attached hydrogens (tertiary/aromatic N) is 3. The lowest BCUT2D eigenvalue weighted by Gasteiger charge is -2.31. The van der Waals surface area contributed by atoms with Crippen LogP contribution in [0.2, 0.25) is 0 Å². The summed E-state index contributed by atoms with van der Waals surface area (Å²) in [6.07, 6.45) is 0. The summed E-state index contributed by atoms with van der Waals surface area (Å²) >= 11 is 1.57. The molecule has 1 N–H and O–H groups in total. The van der Waals surface area contributed by atoms with Crippen LogP contribution < -0.4 is 5.32 Å². The molecule has 1 aromatic heterocycles. The lowest BCUT2D eigenvalue weighted by molar-refractivity contribution is -0.133. The fraction of sp³-hybridized carbons (Fsp3) is 0.379. The quantitative estimate of drug-likeness (QED) is 0.399. The molecule has 2 aromatic carbocycles. The van der Waals surface area contributed by atoms with E-state index in [1.54, 1.807) is 33.3 Å². The molecule has 3 aromatic rings. The van der Waals surface area contributed by atoms with Gasteiger partial charge in [0.25, 0.3) is 0 Å². The van der Waals surface area contributed by atoms with Crippen LogP contribution in [-0.4, -0.2) is 72.6 Å². The van der Waals surface area contributed by atoms with E-state index in [1.807, 2.05) is 49.6 Å². The van der Waals surface area contributed by atoms with Gasteiger partial charge in [-0.15, -0.1) is 11.3 Å². The summed E-state index contributed by atoms with van der Waals surface area (Å²) < 4.78 is 18.9. The van der Waals surface area contributed by atoms with E-state index in [2.05, 4.69) is 10.2 Å². The number of aryl methyl sites for hydroxylation is 2. The van der Waals surface area contributed by atoms with Crippen molar-refractivity contribution in [1.82, 2.24) is 14.7 Å². The van der Waals surface area contributed by atoms with Gasteiger partial charge in [0.1, 0.15) is 12.4 Å². The number of halogens is 1. The van der Waals surface area contributed by atoms with Crippen molar-refractivity contribution in [3.05, 3.63) is 87.4 Å². The Labute approximate surface area is 227 Å². The van der Waals surface area contributed by atoms with E-state index in [1.165, 1.54) is 12.1 Å². The second-order valence-electron chi connectivity index (χ2n) is 9.56. The molecule has 0 bridgehead atoms. The highest BCUT2D eigenvalue weighted by Gasteiger charge is 2.23. The van der Waals surface area contributed by atoms with Crippen molar-refractivity contribution < 1.29 is 18.7 Å². The van der Waals surface area contributed by atoms with E-state index in [-0.39, 0.29) is 24.3 Å².